The predicted octanol–water partition coefficient (Wildman–Crippen LogP) is 4.59. The molecule has 11 heteroatoms. The summed E-state index contributed by atoms with van der Waals surface area (Å²) in [5.41, 5.74) is 1.50. The second-order valence-electron chi connectivity index (χ2n) is 9.48. The van der Waals surface area contributed by atoms with Crippen LogP contribution in [-0.4, -0.2) is 53.0 Å². The molecule has 0 aliphatic carbocycles. The Morgan fingerprint density at radius 1 is 0.854 bits per heavy atom. The molecule has 1 heterocycles. The molecule has 2 atom stereocenters. The SMILES string of the molecule is CC(C)C(=O)OCOc1c(NC(=O)O)ccnc1C(=O)NC(C)C(=O)OC(C)C(c1ccccc1)c1ccccc1. The number of carboxylic acid groups (broad SMARTS) is 1. The smallest absolute Gasteiger partial charge is 0.409 e. The van der Waals surface area contributed by atoms with Gasteiger partial charge in [-0.3, -0.25) is 14.9 Å². The Labute approximate surface area is 237 Å². The maximum atomic E-state index is 13.1. The van der Waals surface area contributed by atoms with Crippen LogP contribution in [0.5, 0.6) is 5.75 Å². The molecule has 216 valence electrons. The minimum Gasteiger partial charge on any atom is -0.465 e. The van der Waals surface area contributed by atoms with Crippen molar-refractivity contribution in [2.45, 2.75) is 45.8 Å². The highest BCUT2D eigenvalue weighted by Gasteiger charge is 2.29. The van der Waals surface area contributed by atoms with E-state index in [-0.39, 0.29) is 23.0 Å². The number of anilines is 1. The summed E-state index contributed by atoms with van der Waals surface area (Å²) >= 11 is 0. The van der Waals surface area contributed by atoms with Gasteiger partial charge in [0, 0.05) is 12.1 Å². The zero-order valence-corrected chi connectivity index (χ0v) is 23.2. The largest absolute Gasteiger partial charge is 0.465 e. The van der Waals surface area contributed by atoms with Crippen LogP contribution in [0, 0.1) is 5.92 Å². The van der Waals surface area contributed by atoms with E-state index in [4.69, 9.17) is 14.2 Å². The quantitative estimate of drug-likeness (QED) is 0.212. The van der Waals surface area contributed by atoms with Gasteiger partial charge in [0.25, 0.3) is 5.91 Å². The van der Waals surface area contributed by atoms with Gasteiger partial charge in [0.1, 0.15) is 12.1 Å². The molecule has 1 aromatic heterocycles. The number of carbonyl (C=O) groups excluding carboxylic acids is 3. The number of nitrogens with one attached hydrogen (secondary N) is 2. The van der Waals surface area contributed by atoms with Crippen LogP contribution in [0.2, 0.25) is 0 Å². The van der Waals surface area contributed by atoms with Gasteiger partial charge in [0.15, 0.2) is 11.4 Å². The second kappa shape index (κ2) is 14.5. The van der Waals surface area contributed by atoms with E-state index in [1.807, 2.05) is 60.7 Å². The first-order chi connectivity index (χ1) is 19.6. The third kappa shape index (κ3) is 8.53. The Bertz CT molecular complexity index is 1310. The lowest BCUT2D eigenvalue weighted by Crippen LogP contribution is -2.41. The lowest BCUT2D eigenvalue weighted by atomic mass is 9.87. The van der Waals surface area contributed by atoms with Crippen LogP contribution in [0.25, 0.3) is 0 Å². The molecule has 0 saturated heterocycles. The van der Waals surface area contributed by atoms with Crippen molar-refractivity contribution in [3.05, 3.63) is 89.7 Å². The minimum atomic E-state index is -1.41. The summed E-state index contributed by atoms with van der Waals surface area (Å²) in [6.45, 7) is 5.91. The Morgan fingerprint density at radius 3 is 1.98 bits per heavy atom. The molecule has 2 aromatic carbocycles. The first-order valence-electron chi connectivity index (χ1n) is 13.0. The third-order valence-electron chi connectivity index (χ3n) is 6.03. The fourth-order valence-corrected chi connectivity index (χ4v) is 4.02. The van der Waals surface area contributed by atoms with Gasteiger partial charge in [0.05, 0.1) is 11.6 Å². The molecule has 0 saturated carbocycles. The zero-order chi connectivity index (χ0) is 29.9. The van der Waals surface area contributed by atoms with Crippen LogP contribution in [0.4, 0.5) is 10.5 Å². The van der Waals surface area contributed by atoms with E-state index in [1.54, 1.807) is 20.8 Å². The van der Waals surface area contributed by atoms with E-state index in [2.05, 4.69) is 15.6 Å². The van der Waals surface area contributed by atoms with E-state index >= 15 is 0 Å². The Balaban J connectivity index is 1.75. The van der Waals surface area contributed by atoms with Gasteiger partial charge in [0.2, 0.25) is 6.79 Å². The van der Waals surface area contributed by atoms with Crippen LogP contribution in [0.15, 0.2) is 72.9 Å². The van der Waals surface area contributed by atoms with E-state index in [0.29, 0.717) is 0 Å². The molecule has 11 nitrogen and oxygen atoms in total. The van der Waals surface area contributed by atoms with Crippen molar-refractivity contribution in [2.24, 2.45) is 5.92 Å². The summed E-state index contributed by atoms with van der Waals surface area (Å²) in [6.07, 6.45) is -0.797. The van der Waals surface area contributed by atoms with Crippen LogP contribution >= 0.6 is 0 Å². The van der Waals surface area contributed by atoms with E-state index in [0.717, 1.165) is 11.1 Å². The molecule has 3 rings (SSSR count). The third-order valence-corrected chi connectivity index (χ3v) is 6.03. The number of ether oxygens (including phenoxy) is 3. The number of amides is 2. The average Bonchev–Trinajstić information content (AvgIpc) is 2.94. The molecular formula is C30H33N3O8. The highest BCUT2D eigenvalue weighted by atomic mass is 16.7. The van der Waals surface area contributed by atoms with Gasteiger partial charge >= 0.3 is 18.0 Å². The topological polar surface area (TPSA) is 153 Å². The van der Waals surface area contributed by atoms with Gasteiger partial charge in [-0.1, -0.05) is 74.5 Å². The highest BCUT2D eigenvalue weighted by molar-refractivity contribution is 6.00. The van der Waals surface area contributed by atoms with Crippen molar-refractivity contribution in [3.8, 4) is 5.75 Å². The fourth-order valence-electron chi connectivity index (χ4n) is 4.02. The fraction of sp³-hybridized carbons (Fsp3) is 0.300. The van der Waals surface area contributed by atoms with E-state index < -0.39 is 48.8 Å². The average molecular weight is 564 g/mol. The Hall–Kier alpha value is -4.93. The Kier molecular flexibility index (Phi) is 10.8. The normalized spacial score (nSPS) is 12.2. The molecule has 0 aliphatic heterocycles. The molecule has 41 heavy (non-hydrogen) atoms. The van der Waals surface area contributed by atoms with Crippen LogP contribution in [0.3, 0.4) is 0 Å². The first kappa shape index (κ1) is 30.6. The molecule has 0 aliphatic rings. The molecule has 3 N–H and O–H groups in total. The molecular weight excluding hydrogens is 530 g/mol. The van der Waals surface area contributed by atoms with Crippen molar-refractivity contribution in [1.29, 1.82) is 0 Å². The van der Waals surface area contributed by atoms with Crippen molar-refractivity contribution < 1.29 is 38.5 Å². The number of pyridine rings is 1. The van der Waals surface area contributed by atoms with Gasteiger partial charge in [-0.25, -0.2) is 14.6 Å². The summed E-state index contributed by atoms with van der Waals surface area (Å²) in [6, 6.07) is 19.4. The number of aromatic nitrogens is 1. The lowest BCUT2D eigenvalue weighted by molar-refractivity contribution is -0.154. The zero-order valence-electron chi connectivity index (χ0n) is 23.2. The molecule has 0 bridgehead atoms. The van der Waals surface area contributed by atoms with Gasteiger partial charge in [-0.15, -0.1) is 0 Å². The van der Waals surface area contributed by atoms with Crippen molar-refractivity contribution >= 4 is 29.6 Å². The molecule has 0 spiro atoms. The summed E-state index contributed by atoms with van der Waals surface area (Å²) in [7, 11) is 0. The summed E-state index contributed by atoms with van der Waals surface area (Å²) in [5, 5.41) is 13.8. The Morgan fingerprint density at radius 2 is 1.44 bits per heavy atom. The van der Waals surface area contributed by atoms with Crippen LogP contribution in [-0.2, 0) is 19.1 Å². The minimum absolute atomic E-state index is 0.101. The van der Waals surface area contributed by atoms with Gasteiger partial charge in [-0.05, 0) is 31.0 Å². The molecule has 3 aromatic rings. The maximum Gasteiger partial charge on any atom is 0.409 e. The molecule has 0 fully saturated rings. The number of hydrogen-bond donors (Lipinski definition) is 3. The number of esters is 2. The van der Waals surface area contributed by atoms with Crippen molar-refractivity contribution in [3.63, 3.8) is 0 Å². The van der Waals surface area contributed by atoms with Crippen molar-refractivity contribution in [2.75, 3.05) is 12.1 Å². The number of carbonyl (C=O) groups is 4. The number of benzene rings is 2. The molecule has 2 amide bonds. The standard InChI is InChI=1S/C30H33N3O8/c1-18(2)28(35)40-17-39-26-23(33-30(37)38)15-16-31-25(26)27(34)32-19(3)29(36)41-20(4)24(21-11-7-5-8-12-21)22-13-9-6-10-14-22/h5-16,18-20,24H,17H2,1-4H3,(H,31,33)(H,32,34)(H,37,38). The number of hydrogen-bond acceptors (Lipinski definition) is 8. The van der Waals surface area contributed by atoms with E-state index in [1.165, 1.54) is 19.2 Å². The summed E-state index contributed by atoms with van der Waals surface area (Å²) < 4.78 is 16.2. The lowest BCUT2D eigenvalue weighted by Gasteiger charge is -2.26. The van der Waals surface area contributed by atoms with E-state index in [9.17, 15) is 24.3 Å². The van der Waals surface area contributed by atoms with Crippen LogP contribution < -0.4 is 15.4 Å². The van der Waals surface area contributed by atoms with Crippen LogP contribution in [0.1, 0.15) is 55.2 Å². The summed E-state index contributed by atoms with van der Waals surface area (Å²) in [5.74, 6) is -3.02. The predicted molar refractivity (Wildman–Crippen MR) is 150 cm³/mol. The highest BCUT2D eigenvalue weighted by Crippen LogP contribution is 2.30. The first-order valence-corrected chi connectivity index (χ1v) is 13.0. The number of rotatable bonds is 12. The second-order valence-corrected chi connectivity index (χ2v) is 9.48. The number of nitrogens with zero attached hydrogens (tertiary/aromatic N) is 1. The monoisotopic (exact) mass is 563 g/mol. The molecule has 2 unspecified atom stereocenters. The van der Waals surface area contributed by atoms with Gasteiger partial charge in [-0.2, -0.15) is 0 Å². The van der Waals surface area contributed by atoms with Gasteiger partial charge < -0.3 is 24.6 Å². The molecule has 0 radical (unpaired) electrons. The summed E-state index contributed by atoms with van der Waals surface area (Å²) in [4.78, 5) is 53.3. The van der Waals surface area contributed by atoms with Crippen molar-refractivity contribution in [1.82, 2.24) is 10.3 Å². The maximum absolute atomic E-state index is 13.1.